The molecule has 1 saturated carbocycles. The van der Waals surface area contributed by atoms with E-state index in [9.17, 15) is 13.2 Å². The van der Waals surface area contributed by atoms with Gasteiger partial charge >= 0.3 is 6.18 Å². The van der Waals surface area contributed by atoms with Crippen LogP contribution in [0.15, 0.2) is 6.07 Å². The first kappa shape index (κ1) is 13.4. The molecule has 1 aliphatic rings. The average Bonchev–Trinajstić information content (AvgIpc) is 2.77. The average molecular weight is 281 g/mol. The number of hydrogen-bond acceptors (Lipinski definition) is 3. The fourth-order valence-electron chi connectivity index (χ4n) is 2.00. The van der Waals surface area contributed by atoms with Crippen molar-refractivity contribution < 1.29 is 17.9 Å². The molecule has 0 unspecified atom stereocenters. The van der Waals surface area contributed by atoms with E-state index in [0.29, 0.717) is 12.5 Å². The zero-order chi connectivity index (χ0) is 13.2. The molecule has 0 radical (unpaired) electrons. The molecule has 0 aliphatic heterocycles. The molecule has 0 amide bonds. The number of alkyl halides is 3. The summed E-state index contributed by atoms with van der Waals surface area (Å²) < 4.78 is 42.7. The van der Waals surface area contributed by atoms with Crippen molar-refractivity contribution in [3.05, 3.63) is 17.0 Å². The normalized spacial score (nSPS) is 17.1. The molecule has 1 fully saturated rings. The zero-order valence-corrected chi connectivity index (χ0v) is 10.3. The standard InChI is InChI=1S/C11H12ClF3N2O/c12-10-16-8(11(13,14)15)5-9(17-10)18-6-7-3-1-2-4-7/h5,7H,1-4,6H2. The third-order valence-corrected chi connectivity index (χ3v) is 3.08. The Hall–Kier alpha value is -1.04. The van der Waals surface area contributed by atoms with Gasteiger partial charge in [0.25, 0.3) is 0 Å². The summed E-state index contributed by atoms with van der Waals surface area (Å²) in [6.07, 6.45) is -0.160. The van der Waals surface area contributed by atoms with Crippen LogP contribution in [-0.4, -0.2) is 16.6 Å². The van der Waals surface area contributed by atoms with Gasteiger partial charge in [0.2, 0.25) is 11.2 Å². The van der Waals surface area contributed by atoms with E-state index < -0.39 is 17.2 Å². The van der Waals surface area contributed by atoms with Gasteiger partial charge in [0.1, 0.15) is 0 Å². The summed E-state index contributed by atoms with van der Waals surface area (Å²) >= 11 is 5.45. The highest BCUT2D eigenvalue weighted by atomic mass is 35.5. The Morgan fingerprint density at radius 1 is 1.28 bits per heavy atom. The predicted octanol–water partition coefficient (Wildman–Crippen LogP) is 3.72. The molecule has 0 saturated heterocycles. The highest BCUT2D eigenvalue weighted by Crippen LogP contribution is 2.31. The van der Waals surface area contributed by atoms with E-state index in [0.717, 1.165) is 31.7 Å². The molecule has 0 aromatic carbocycles. The van der Waals surface area contributed by atoms with Crippen molar-refractivity contribution in [2.45, 2.75) is 31.9 Å². The van der Waals surface area contributed by atoms with Crippen LogP contribution in [0, 0.1) is 5.92 Å². The van der Waals surface area contributed by atoms with Gasteiger partial charge in [0.15, 0.2) is 5.69 Å². The van der Waals surface area contributed by atoms with Crippen LogP contribution in [0.4, 0.5) is 13.2 Å². The summed E-state index contributed by atoms with van der Waals surface area (Å²) in [6.45, 7) is 0.380. The highest BCUT2D eigenvalue weighted by molar-refractivity contribution is 6.28. The number of halogens is 4. The molecule has 0 atom stereocenters. The number of nitrogens with zero attached hydrogens (tertiary/aromatic N) is 2. The van der Waals surface area contributed by atoms with Crippen molar-refractivity contribution >= 4 is 11.6 Å². The van der Waals surface area contributed by atoms with E-state index in [1.165, 1.54) is 0 Å². The number of aromatic nitrogens is 2. The maximum absolute atomic E-state index is 12.5. The topological polar surface area (TPSA) is 35.0 Å². The van der Waals surface area contributed by atoms with Crippen LogP contribution in [0.1, 0.15) is 31.4 Å². The van der Waals surface area contributed by atoms with Crippen LogP contribution in [0.5, 0.6) is 5.88 Å². The second-order valence-corrected chi connectivity index (χ2v) is 4.66. The lowest BCUT2D eigenvalue weighted by molar-refractivity contribution is -0.141. The van der Waals surface area contributed by atoms with Gasteiger partial charge < -0.3 is 4.74 Å². The van der Waals surface area contributed by atoms with Crippen molar-refractivity contribution in [2.75, 3.05) is 6.61 Å². The Balaban J connectivity index is 2.05. The molecule has 1 aromatic rings. The number of rotatable bonds is 3. The maximum Gasteiger partial charge on any atom is 0.433 e. The Labute approximate surface area is 107 Å². The highest BCUT2D eigenvalue weighted by Gasteiger charge is 2.34. The SMILES string of the molecule is FC(F)(F)c1cc(OCC2CCCC2)nc(Cl)n1. The monoisotopic (exact) mass is 280 g/mol. The fourth-order valence-corrected chi connectivity index (χ4v) is 2.17. The van der Waals surface area contributed by atoms with Crippen molar-refractivity contribution in [1.29, 1.82) is 0 Å². The lowest BCUT2D eigenvalue weighted by atomic mass is 10.1. The lowest BCUT2D eigenvalue weighted by Crippen LogP contribution is -2.12. The Morgan fingerprint density at radius 2 is 1.94 bits per heavy atom. The van der Waals surface area contributed by atoms with Gasteiger partial charge in [-0.25, -0.2) is 4.98 Å². The van der Waals surface area contributed by atoms with Crippen molar-refractivity contribution in [1.82, 2.24) is 9.97 Å². The summed E-state index contributed by atoms with van der Waals surface area (Å²) in [5, 5.41) is -0.453. The summed E-state index contributed by atoms with van der Waals surface area (Å²) in [5.74, 6) is 0.280. The molecule has 18 heavy (non-hydrogen) atoms. The summed E-state index contributed by atoms with van der Waals surface area (Å²) in [6, 6.07) is 0.779. The van der Waals surface area contributed by atoms with Crippen molar-refractivity contribution in [3.63, 3.8) is 0 Å². The van der Waals surface area contributed by atoms with Gasteiger partial charge in [-0.05, 0) is 30.4 Å². The van der Waals surface area contributed by atoms with Crippen molar-refractivity contribution in [2.24, 2.45) is 5.92 Å². The third kappa shape index (κ3) is 3.48. The van der Waals surface area contributed by atoms with E-state index in [1.807, 2.05) is 0 Å². The van der Waals surface area contributed by atoms with Gasteiger partial charge in [-0.1, -0.05) is 12.8 Å². The first-order valence-corrected chi connectivity index (χ1v) is 6.07. The van der Waals surface area contributed by atoms with Crippen molar-refractivity contribution in [3.8, 4) is 5.88 Å². The minimum absolute atomic E-state index is 0.116. The summed E-state index contributed by atoms with van der Waals surface area (Å²) in [7, 11) is 0. The first-order valence-electron chi connectivity index (χ1n) is 5.70. The third-order valence-electron chi connectivity index (χ3n) is 2.91. The van der Waals surface area contributed by atoms with Crippen LogP contribution in [0.2, 0.25) is 5.28 Å². The Morgan fingerprint density at radius 3 is 2.56 bits per heavy atom. The van der Waals surface area contributed by atoms with Gasteiger partial charge in [-0.15, -0.1) is 0 Å². The molecule has 100 valence electrons. The lowest BCUT2D eigenvalue weighted by Gasteiger charge is -2.12. The minimum Gasteiger partial charge on any atom is -0.477 e. The van der Waals surface area contributed by atoms with E-state index in [-0.39, 0.29) is 5.88 Å². The molecule has 1 aromatic heterocycles. The van der Waals surface area contributed by atoms with Gasteiger partial charge in [-0.3, -0.25) is 0 Å². The first-order chi connectivity index (χ1) is 8.45. The number of ether oxygens (including phenoxy) is 1. The predicted molar refractivity (Wildman–Crippen MR) is 59.5 cm³/mol. The zero-order valence-electron chi connectivity index (χ0n) is 9.50. The smallest absolute Gasteiger partial charge is 0.433 e. The van der Waals surface area contributed by atoms with Gasteiger partial charge in [0.05, 0.1) is 6.61 Å². The number of hydrogen-bond donors (Lipinski definition) is 0. The van der Waals surface area contributed by atoms with E-state index in [2.05, 4.69) is 9.97 Å². The molecule has 1 heterocycles. The van der Waals surface area contributed by atoms with Crippen LogP contribution in [-0.2, 0) is 6.18 Å². The Kier molecular flexibility index (Phi) is 3.94. The molecule has 3 nitrogen and oxygen atoms in total. The van der Waals surface area contributed by atoms with E-state index in [1.54, 1.807) is 0 Å². The largest absolute Gasteiger partial charge is 0.477 e. The minimum atomic E-state index is -4.54. The Bertz CT molecular complexity index is 419. The summed E-state index contributed by atoms with van der Waals surface area (Å²) in [4.78, 5) is 6.77. The fraction of sp³-hybridized carbons (Fsp3) is 0.636. The molecule has 2 rings (SSSR count). The molecule has 0 N–H and O–H groups in total. The van der Waals surface area contributed by atoms with E-state index >= 15 is 0 Å². The maximum atomic E-state index is 12.5. The van der Waals surface area contributed by atoms with Gasteiger partial charge in [0, 0.05) is 6.07 Å². The molecular formula is C11H12ClF3N2O. The van der Waals surface area contributed by atoms with Crippen LogP contribution in [0.3, 0.4) is 0 Å². The van der Waals surface area contributed by atoms with Gasteiger partial charge in [-0.2, -0.15) is 18.2 Å². The van der Waals surface area contributed by atoms with E-state index in [4.69, 9.17) is 16.3 Å². The van der Waals surface area contributed by atoms with Crippen LogP contribution in [0.25, 0.3) is 0 Å². The molecular weight excluding hydrogens is 269 g/mol. The molecule has 0 bridgehead atoms. The second-order valence-electron chi connectivity index (χ2n) is 4.32. The quantitative estimate of drug-likeness (QED) is 0.792. The van der Waals surface area contributed by atoms with Crippen LogP contribution < -0.4 is 4.74 Å². The molecule has 1 aliphatic carbocycles. The molecule has 7 heteroatoms. The second kappa shape index (κ2) is 5.30. The summed E-state index contributed by atoms with van der Waals surface area (Å²) in [5.41, 5.74) is -1.08. The molecule has 0 spiro atoms. The van der Waals surface area contributed by atoms with Crippen LogP contribution >= 0.6 is 11.6 Å².